The van der Waals surface area contributed by atoms with Gasteiger partial charge < -0.3 is 21.7 Å². The Balaban J connectivity index is 2.18. The van der Waals surface area contributed by atoms with Gasteiger partial charge in [0, 0.05) is 19.8 Å². The minimum Gasteiger partial charge on any atom is -0.389 e. The molecule has 2 rings (SSSR count). The van der Waals surface area contributed by atoms with Crippen LogP contribution in [0.1, 0.15) is 10.4 Å². The fourth-order valence-corrected chi connectivity index (χ4v) is 1.53. The van der Waals surface area contributed by atoms with Gasteiger partial charge >= 0.3 is 0 Å². The van der Waals surface area contributed by atoms with E-state index in [1.807, 2.05) is 12.3 Å². The van der Waals surface area contributed by atoms with Crippen LogP contribution in [-0.4, -0.2) is 35.5 Å². The van der Waals surface area contributed by atoms with Crippen LogP contribution in [0.2, 0.25) is 0 Å². The molecule has 1 aromatic rings. The maximum Gasteiger partial charge on any atom is 0.254 e. The summed E-state index contributed by atoms with van der Waals surface area (Å²) in [4.78, 5) is 19.3. The Hall–Kier alpha value is -2.31. The summed E-state index contributed by atoms with van der Waals surface area (Å²) in [5, 5.41) is 9.00. The van der Waals surface area contributed by atoms with Crippen LogP contribution in [0, 0.1) is 0 Å². The summed E-state index contributed by atoms with van der Waals surface area (Å²) in [5.74, 6) is 0.325. The number of carbonyl (C=O) groups is 1. The average molecular weight is 234 g/mol. The summed E-state index contributed by atoms with van der Waals surface area (Å²) in [5.41, 5.74) is 5.48. The Morgan fingerprint density at radius 1 is 1.65 bits per heavy atom. The Bertz CT molecular complexity index is 458. The van der Waals surface area contributed by atoms with Gasteiger partial charge in [0.2, 0.25) is 5.95 Å². The standard InChI is InChI=1S/C10H14N6O/c1-12-9-7(8(11)17)5-14-10(16-9)15-6-2-3-13-4-6/h2-3,5-6,13H,4H2,1H3,(H2,11,17)(H2,12,14,15,16). The highest BCUT2D eigenvalue weighted by molar-refractivity contribution is 5.97. The highest BCUT2D eigenvalue weighted by Crippen LogP contribution is 2.13. The molecule has 0 saturated heterocycles. The number of amides is 1. The summed E-state index contributed by atoms with van der Waals surface area (Å²) < 4.78 is 0. The molecule has 1 aliphatic rings. The first-order valence-corrected chi connectivity index (χ1v) is 5.22. The van der Waals surface area contributed by atoms with Crippen molar-refractivity contribution in [2.45, 2.75) is 6.04 Å². The van der Waals surface area contributed by atoms with Gasteiger partial charge in [-0.2, -0.15) is 4.98 Å². The van der Waals surface area contributed by atoms with Crippen molar-refractivity contribution in [2.24, 2.45) is 5.73 Å². The summed E-state index contributed by atoms with van der Waals surface area (Å²) in [7, 11) is 1.68. The lowest BCUT2D eigenvalue weighted by Crippen LogP contribution is -2.24. The summed E-state index contributed by atoms with van der Waals surface area (Å²) in [6.07, 6.45) is 5.26. The van der Waals surface area contributed by atoms with Gasteiger partial charge in [0.15, 0.2) is 0 Å². The summed E-state index contributed by atoms with van der Waals surface area (Å²) >= 11 is 0. The van der Waals surface area contributed by atoms with E-state index >= 15 is 0 Å². The number of aromatic nitrogens is 2. The highest BCUT2D eigenvalue weighted by atomic mass is 16.1. The third kappa shape index (κ3) is 2.44. The molecule has 7 nitrogen and oxygen atoms in total. The number of hydrogen-bond donors (Lipinski definition) is 4. The van der Waals surface area contributed by atoms with E-state index in [0.717, 1.165) is 6.54 Å². The highest BCUT2D eigenvalue weighted by Gasteiger charge is 2.13. The quantitative estimate of drug-likeness (QED) is 0.560. The van der Waals surface area contributed by atoms with Gasteiger partial charge in [-0.05, 0) is 12.3 Å². The van der Waals surface area contributed by atoms with Crippen molar-refractivity contribution < 1.29 is 4.79 Å². The van der Waals surface area contributed by atoms with E-state index in [9.17, 15) is 4.79 Å². The van der Waals surface area contributed by atoms with Gasteiger partial charge in [-0.25, -0.2) is 4.98 Å². The van der Waals surface area contributed by atoms with Crippen molar-refractivity contribution in [1.29, 1.82) is 0 Å². The number of nitrogens with one attached hydrogen (secondary N) is 3. The third-order valence-electron chi connectivity index (χ3n) is 2.39. The molecule has 7 heteroatoms. The van der Waals surface area contributed by atoms with Crippen molar-refractivity contribution >= 4 is 17.7 Å². The van der Waals surface area contributed by atoms with Gasteiger partial charge in [-0.3, -0.25) is 4.79 Å². The number of hydrogen-bond acceptors (Lipinski definition) is 6. The predicted octanol–water partition coefficient (Wildman–Crippen LogP) is -0.485. The van der Waals surface area contributed by atoms with Crippen LogP contribution >= 0.6 is 0 Å². The van der Waals surface area contributed by atoms with E-state index in [1.54, 1.807) is 7.05 Å². The Morgan fingerprint density at radius 2 is 2.47 bits per heavy atom. The number of nitrogens with two attached hydrogens (primary N) is 1. The fraction of sp³-hybridized carbons (Fsp3) is 0.300. The Morgan fingerprint density at radius 3 is 3.06 bits per heavy atom. The van der Waals surface area contributed by atoms with Crippen LogP contribution in [0.4, 0.5) is 11.8 Å². The topological polar surface area (TPSA) is 105 Å². The lowest BCUT2D eigenvalue weighted by atomic mass is 10.3. The third-order valence-corrected chi connectivity index (χ3v) is 2.39. The lowest BCUT2D eigenvalue weighted by Gasteiger charge is -2.12. The van der Waals surface area contributed by atoms with Gasteiger partial charge in [-0.15, -0.1) is 0 Å². The van der Waals surface area contributed by atoms with E-state index in [2.05, 4.69) is 25.9 Å². The molecule has 2 heterocycles. The van der Waals surface area contributed by atoms with Crippen LogP contribution in [-0.2, 0) is 0 Å². The van der Waals surface area contributed by atoms with E-state index in [-0.39, 0.29) is 11.6 Å². The first-order chi connectivity index (χ1) is 8.20. The van der Waals surface area contributed by atoms with Crippen LogP contribution in [0.5, 0.6) is 0 Å². The second-order valence-electron chi connectivity index (χ2n) is 3.59. The van der Waals surface area contributed by atoms with Crippen LogP contribution in [0.3, 0.4) is 0 Å². The lowest BCUT2D eigenvalue weighted by molar-refractivity contribution is 0.100. The second kappa shape index (κ2) is 4.69. The molecule has 1 atom stereocenters. The van der Waals surface area contributed by atoms with E-state index in [4.69, 9.17) is 5.73 Å². The molecule has 0 saturated carbocycles. The first kappa shape index (κ1) is 11.2. The van der Waals surface area contributed by atoms with Crippen molar-refractivity contribution in [3.63, 3.8) is 0 Å². The molecule has 17 heavy (non-hydrogen) atoms. The SMILES string of the molecule is CNc1nc(NC2C=CNC2)ncc1C(N)=O. The molecule has 1 aromatic heterocycles. The minimum absolute atomic E-state index is 0.152. The molecule has 0 spiro atoms. The predicted molar refractivity (Wildman–Crippen MR) is 64.7 cm³/mol. The zero-order valence-electron chi connectivity index (χ0n) is 9.40. The smallest absolute Gasteiger partial charge is 0.254 e. The number of carbonyl (C=O) groups excluding carboxylic acids is 1. The molecule has 0 fully saturated rings. The first-order valence-electron chi connectivity index (χ1n) is 5.22. The van der Waals surface area contributed by atoms with Gasteiger partial charge in [0.05, 0.1) is 11.6 Å². The fourth-order valence-electron chi connectivity index (χ4n) is 1.53. The number of nitrogens with zero attached hydrogens (tertiary/aromatic N) is 2. The van der Waals surface area contributed by atoms with Crippen molar-refractivity contribution in [3.8, 4) is 0 Å². The van der Waals surface area contributed by atoms with Gasteiger partial charge in [-0.1, -0.05) is 0 Å². The normalized spacial score (nSPS) is 17.6. The van der Waals surface area contributed by atoms with Crippen molar-refractivity contribution in [1.82, 2.24) is 15.3 Å². The van der Waals surface area contributed by atoms with E-state index in [0.29, 0.717) is 11.8 Å². The molecule has 90 valence electrons. The molecule has 0 bridgehead atoms. The maximum atomic E-state index is 11.1. The summed E-state index contributed by atoms with van der Waals surface area (Å²) in [6, 6.07) is 0.152. The monoisotopic (exact) mass is 234 g/mol. The number of primary amides is 1. The molecular weight excluding hydrogens is 220 g/mol. The number of anilines is 2. The second-order valence-corrected chi connectivity index (χ2v) is 3.59. The largest absolute Gasteiger partial charge is 0.389 e. The van der Waals surface area contributed by atoms with Gasteiger partial charge in [0.1, 0.15) is 5.82 Å². The van der Waals surface area contributed by atoms with E-state index in [1.165, 1.54) is 6.20 Å². The van der Waals surface area contributed by atoms with Crippen LogP contribution in [0.25, 0.3) is 0 Å². The van der Waals surface area contributed by atoms with Crippen molar-refractivity contribution in [3.05, 3.63) is 24.0 Å². The average Bonchev–Trinajstić information content (AvgIpc) is 2.81. The Kier molecular flexibility index (Phi) is 3.08. The molecule has 1 aliphatic heterocycles. The molecule has 1 unspecified atom stereocenters. The molecule has 0 aliphatic carbocycles. The maximum absolute atomic E-state index is 11.1. The molecule has 5 N–H and O–H groups in total. The van der Waals surface area contributed by atoms with Crippen LogP contribution < -0.4 is 21.7 Å². The Labute approximate surface area is 98.5 Å². The van der Waals surface area contributed by atoms with E-state index < -0.39 is 5.91 Å². The molecular formula is C10H14N6O. The molecule has 0 aromatic carbocycles. The minimum atomic E-state index is -0.552. The number of rotatable bonds is 4. The molecule has 0 radical (unpaired) electrons. The zero-order valence-corrected chi connectivity index (χ0v) is 9.40. The van der Waals surface area contributed by atoms with Gasteiger partial charge in [0.25, 0.3) is 5.91 Å². The zero-order chi connectivity index (χ0) is 12.3. The van der Waals surface area contributed by atoms with Crippen molar-refractivity contribution in [2.75, 3.05) is 24.2 Å². The van der Waals surface area contributed by atoms with Crippen LogP contribution in [0.15, 0.2) is 18.5 Å². The summed E-state index contributed by atoms with van der Waals surface area (Å²) in [6.45, 7) is 0.788. The molecule has 1 amide bonds.